The summed E-state index contributed by atoms with van der Waals surface area (Å²) in [5, 5.41) is 5.49. The summed E-state index contributed by atoms with van der Waals surface area (Å²) in [5.41, 5.74) is 0. The monoisotopic (exact) mass is 347 g/mol. The predicted octanol–water partition coefficient (Wildman–Crippen LogP) is 0.245. The maximum Gasteiger partial charge on any atom is 0.328 e. The minimum Gasteiger partial charge on any atom is -0.467 e. The van der Waals surface area contributed by atoms with Gasteiger partial charge in [0.1, 0.15) is 6.04 Å². The van der Waals surface area contributed by atoms with Gasteiger partial charge in [0.05, 0.1) is 12.9 Å². The lowest BCUT2D eigenvalue weighted by Crippen LogP contribution is -2.41. The van der Waals surface area contributed by atoms with E-state index >= 15 is 0 Å². The van der Waals surface area contributed by atoms with Crippen molar-refractivity contribution in [1.82, 2.24) is 15.5 Å². The Morgan fingerprint density at radius 3 is 2.48 bits per heavy atom. The fourth-order valence-corrected chi connectivity index (χ4v) is 2.55. The molecule has 0 aliphatic carbocycles. The van der Waals surface area contributed by atoms with Crippen molar-refractivity contribution >= 4 is 29.5 Å². The van der Waals surface area contributed by atoms with E-state index in [4.69, 9.17) is 4.74 Å². The number of carbonyl (C=O) groups excluding carboxylic acids is 3. The number of methoxy groups -OCH3 is 1. The van der Waals surface area contributed by atoms with E-state index in [2.05, 4.69) is 10.6 Å². The van der Waals surface area contributed by atoms with Gasteiger partial charge in [-0.3, -0.25) is 9.59 Å². The molecule has 7 nitrogen and oxygen atoms in total. The Labute approximate surface area is 142 Å². The summed E-state index contributed by atoms with van der Waals surface area (Å²) in [5.74, 6) is 0.290. The highest BCUT2D eigenvalue weighted by atomic mass is 32.2. The van der Waals surface area contributed by atoms with E-state index < -0.39 is 12.0 Å². The highest BCUT2D eigenvalue weighted by Gasteiger charge is 2.20. The highest BCUT2D eigenvalue weighted by Crippen LogP contribution is 2.06. The predicted molar refractivity (Wildman–Crippen MR) is 92.4 cm³/mol. The van der Waals surface area contributed by atoms with E-state index in [1.54, 1.807) is 0 Å². The number of hydrogen-bond donors (Lipinski definition) is 2. The molecule has 8 heteroatoms. The molecular formula is C15H29N3O4S. The van der Waals surface area contributed by atoms with Crippen LogP contribution in [-0.4, -0.2) is 74.5 Å². The largest absolute Gasteiger partial charge is 0.467 e. The van der Waals surface area contributed by atoms with Gasteiger partial charge in [-0.1, -0.05) is 6.92 Å². The first-order chi connectivity index (χ1) is 10.9. The third-order valence-corrected chi connectivity index (χ3v) is 3.95. The van der Waals surface area contributed by atoms with Gasteiger partial charge in [-0.05, 0) is 32.7 Å². The molecule has 0 rings (SSSR count). The first-order valence-corrected chi connectivity index (χ1v) is 8.92. The summed E-state index contributed by atoms with van der Waals surface area (Å²) < 4.78 is 4.70. The molecule has 0 heterocycles. The number of amides is 2. The van der Waals surface area contributed by atoms with Crippen LogP contribution in [0.1, 0.15) is 26.2 Å². The lowest BCUT2D eigenvalue weighted by molar-refractivity contribution is -0.145. The minimum absolute atomic E-state index is 0.0264. The van der Waals surface area contributed by atoms with Crippen molar-refractivity contribution in [3.8, 4) is 0 Å². The van der Waals surface area contributed by atoms with Gasteiger partial charge in [0.25, 0.3) is 0 Å². The Hall–Kier alpha value is -1.28. The van der Waals surface area contributed by atoms with Crippen molar-refractivity contribution in [3.05, 3.63) is 0 Å². The highest BCUT2D eigenvalue weighted by molar-refractivity contribution is 7.99. The number of carbonyl (C=O) groups is 3. The van der Waals surface area contributed by atoms with Crippen LogP contribution >= 0.6 is 11.8 Å². The molecule has 0 aromatic carbocycles. The summed E-state index contributed by atoms with van der Waals surface area (Å²) in [6.45, 7) is 3.31. The van der Waals surface area contributed by atoms with Crippen LogP contribution in [0.15, 0.2) is 0 Å². The molecule has 0 saturated carbocycles. The molecule has 0 bridgehead atoms. The average Bonchev–Trinajstić information content (AvgIpc) is 2.49. The fourth-order valence-electron chi connectivity index (χ4n) is 1.72. The van der Waals surface area contributed by atoms with Crippen LogP contribution in [0.2, 0.25) is 0 Å². The molecule has 134 valence electrons. The van der Waals surface area contributed by atoms with Gasteiger partial charge in [0.15, 0.2) is 0 Å². The molecule has 2 N–H and O–H groups in total. The Morgan fingerprint density at radius 1 is 1.22 bits per heavy atom. The Bertz CT molecular complexity index is 378. The van der Waals surface area contributed by atoms with Crippen LogP contribution < -0.4 is 10.6 Å². The molecule has 1 unspecified atom stereocenters. The molecule has 0 radical (unpaired) electrons. The van der Waals surface area contributed by atoms with E-state index in [0.717, 1.165) is 13.0 Å². The molecular weight excluding hydrogens is 318 g/mol. The molecule has 0 aromatic rings. The molecule has 1 atom stereocenters. The van der Waals surface area contributed by atoms with Crippen LogP contribution in [-0.2, 0) is 19.1 Å². The van der Waals surface area contributed by atoms with Crippen LogP contribution in [0.4, 0.5) is 0 Å². The van der Waals surface area contributed by atoms with Gasteiger partial charge < -0.3 is 20.3 Å². The van der Waals surface area contributed by atoms with Gasteiger partial charge >= 0.3 is 5.97 Å². The number of thioether (sulfide) groups is 1. The molecule has 2 amide bonds. The zero-order valence-corrected chi connectivity index (χ0v) is 15.3. The topological polar surface area (TPSA) is 87.7 Å². The van der Waals surface area contributed by atoms with E-state index in [9.17, 15) is 14.4 Å². The number of likely N-dealkylation sites (N-methyl/N-ethyl adjacent to an activating group) is 1. The number of hydrogen-bond acceptors (Lipinski definition) is 6. The molecule has 0 aliphatic heterocycles. The van der Waals surface area contributed by atoms with Crippen molar-refractivity contribution in [2.24, 2.45) is 0 Å². The minimum atomic E-state index is -0.650. The van der Waals surface area contributed by atoms with Crippen molar-refractivity contribution in [3.63, 3.8) is 0 Å². The zero-order chi connectivity index (χ0) is 17.7. The van der Waals surface area contributed by atoms with E-state index in [1.807, 2.05) is 25.9 Å². The molecule has 23 heavy (non-hydrogen) atoms. The van der Waals surface area contributed by atoms with Crippen LogP contribution in [0, 0.1) is 0 Å². The third kappa shape index (κ3) is 11.9. The van der Waals surface area contributed by atoms with Gasteiger partial charge in [-0.2, -0.15) is 11.8 Å². The Morgan fingerprint density at radius 2 is 1.91 bits per heavy atom. The Balaban J connectivity index is 4.00. The maximum absolute atomic E-state index is 11.7. The van der Waals surface area contributed by atoms with Crippen LogP contribution in [0.25, 0.3) is 0 Å². The first-order valence-electron chi connectivity index (χ1n) is 7.77. The smallest absolute Gasteiger partial charge is 0.328 e. The quantitative estimate of drug-likeness (QED) is 0.389. The number of esters is 1. The van der Waals surface area contributed by atoms with E-state index in [1.165, 1.54) is 18.9 Å². The number of ether oxygens (including phenoxy) is 1. The van der Waals surface area contributed by atoms with Gasteiger partial charge in [0.2, 0.25) is 11.8 Å². The number of nitrogens with one attached hydrogen (secondary N) is 2. The van der Waals surface area contributed by atoms with Crippen molar-refractivity contribution in [1.29, 1.82) is 0 Å². The standard InChI is InChI=1S/C15H29N3O4S/c1-5-6-13(19)17-12(15(21)22-4)7-10-23-11-14(20)16-8-9-18(2)3/h12H,5-11H2,1-4H3,(H,16,20)(H,17,19). The van der Waals surface area contributed by atoms with Crippen molar-refractivity contribution in [2.75, 3.05) is 45.8 Å². The number of nitrogens with zero attached hydrogens (tertiary/aromatic N) is 1. The summed E-state index contributed by atoms with van der Waals surface area (Å²) in [4.78, 5) is 36.9. The van der Waals surface area contributed by atoms with Crippen molar-refractivity contribution < 1.29 is 19.1 Å². The summed E-state index contributed by atoms with van der Waals surface area (Å²) in [7, 11) is 5.19. The van der Waals surface area contributed by atoms with Crippen molar-refractivity contribution in [2.45, 2.75) is 32.2 Å². The molecule has 0 aliphatic rings. The van der Waals surface area contributed by atoms with Gasteiger partial charge in [-0.25, -0.2) is 4.79 Å². The molecule has 0 saturated heterocycles. The van der Waals surface area contributed by atoms with Crippen LogP contribution in [0.3, 0.4) is 0 Å². The maximum atomic E-state index is 11.7. The van der Waals surface area contributed by atoms with Gasteiger partial charge in [0, 0.05) is 19.5 Å². The normalized spacial score (nSPS) is 11.9. The third-order valence-electron chi connectivity index (χ3n) is 2.96. The molecule has 0 fully saturated rings. The second-order valence-corrected chi connectivity index (χ2v) is 6.49. The summed E-state index contributed by atoms with van der Waals surface area (Å²) in [6.07, 6.45) is 1.55. The second-order valence-electron chi connectivity index (χ2n) is 5.39. The number of rotatable bonds is 12. The summed E-state index contributed by atoms with van der Waals surface area (Å²) >= 11 is 1.43. The zero-order valence-electron chi connectivity index (χ0n) is 14.5. The second kappa shape index (κ2) is 13.2. The molecule has 0 aromatic heterocycles. The fraction of sp³-hybridized carbons (Fsp3) is 0.800. The summed E-state index contributed by atoms with van der Waals surface area (Å²) in [6, 6.07) is -0.650. The average molecular weight is 347 g/mol. The lowest BCUT2D eigenvalue weighted by atomic mass is 10.2. The van der Waals surface area contributed by atoms with Gasteiger partial charge in [-0.15, -0.1) is 0 Å². The lowest BCUT2D eigenvalue weighted by Gasteiger charge is -2.16. The van der Waals surface area contributed by atoms with E-state index in [0.29, 0.717) is 30.9 Å². The Kier molecular flexibility index (Phi) is 12.5. The molecule has 0 spiro atoms. The first kappa shape index (κ1) is 21.7. The SMILES string of the molecule is CCCC(=O)NC(CCSCC(=O)NCCN(C)C)C(=O)OC. The van der Waals surface area contributed by atoms with E-state index in [-0.39, 0.29) is 11.8 Å². The van der Waals surface area contributed by atoms with Crippen LogP contribution in [0.5, 0.6) is 0 Å².